The van der Waals surface area contributed by atoms with Crippen LogP contribution in [0.5, 0.6) is 0 Å². The molecule has 1 aliphatic rings. The number of unbranched alkanes of at least 4 members (excludes halogenated alkanes) is 1. The molecule has 0 spiro atoms. The van der Waals surface area contributed by atoms with Gasteiger partial charge >= 0.3 is 0 Å². The molecule has 9 heteroatoms. The quantitative estimate of drug-likeness (QED) is 0.395. The summed E-state index contributed by atoms with van der Waals surface area (Å²) in [5.41, 5.74) is 2.63. The number of aromatic nitrogens is 1. The number of fused-ring (bicyclic) bond motifs is 1. The third-order valence-electron chi connectivity index (χ3n) is 6.20. The van der Waals surface area contributed by atoms with E-state index in [0.717, 1.165) is 29.5 Å². The fraction of sp³-hybridized carbons (Fsp3) is 0.407. The van der Waals surface area contributed by atoms with Gasteiger partial charge in [-0.15, -0.1) is 6.58 Å². The van der Waals surface area contributed by atoms with E-state index in [1.807, 2.05) is 18.4 Å². The topological polar surface area (TPSA) is 81.0 Å². The van der Waals surface area contributed by atoms with Crippen LogP contribution in [0.15, 0.2) is 65.0 Å². The predicted octanol–water partition coefficient (Wildman–Crippen LogP) is 4.77. The van der Waals surface area contributed by atoms with E-state index in [-0.39, 0.29) is 17.1 Å². The highest BCUT2D eigenvalue weighted by Gasteiger charge is 2.32. The molecule has 2 aromatic carbocycles. The Morgan fingerprint density at radius 1 is 1.17 bits per heavy atom. The number of hydrogen-bond acceptors (Lipinski definition) is 5. The van der Waals surface area contributed by atoms with Gasteiger partial charge in [-0.25, -0.2) is 8.42 Å². The standard InChI is InChI=1S/C27H33N3O4S2/c1-5-7-8-21-9-14-24-25(16-21)35-27(30(24)15-6-2)28-26(31)22-10-12-23(13-11-22)36(32,33)29-17-19(3)34-20(4)18-29/h6,9-14,16,19-20H,2,5,7-8,15,17-18H2,1,3-4H3. The van der Waals surface area contributed by atoms with E-state index in [4.69, 9.17) is 4.74 Å². The molecular formula is C27H33N3O4S2. The summed E-state index contributed by atoms with van der Waals surface area (Å²) in [6.45, 7) is 10.9. The maximum atomic E-state index is 13.1. The number of benzene rings is 2. The highest BCUT2D eigenvalue weighted by molar-refractivity contribution is 7.89. The first kappa shape index (κ1) is 26.5. The summed E-state index contributed by atoms with van der Waals surface area (Å²) >= 11 is 1.47. The van der Waals surface area contributed by atoms with Crippen molar-refractivity contribution in [1.82, 2.24) is 8.87 Å². The smallest absolute Gasteiger partial charge is 0.279 e. The van der Waals surface area contributed by atoms with Crippen molar-refractivity contribution in [3.8, 4) is 0 Å². The number of amides is 1. The van der Waals surface area contributed by atoms with Gasteiger partial charge in [-0.2, -0.15) is 9.30 Å². The van der Waals surface area contributed by atoms with Crippen LogP contribution in [-0.4, -0.2) is 48.5 Å². The first-order valence-corrected chi connectivity index (χ1v) is 14.6. The van der Waals surface area contributed by atoms with Crippen LogP contribution >= 0.6 is 11.3 Å². The molecule has 192 valence electrons. The van der Waals surface area contributed by atoms with Gasteiger partial charge in [0.25, 0.3) is 5.91 Å². The van der Waals surface area contributed by atoms with E-state index in [0.29, 0.717) is 30.0 Å². The maximum Gasteiger partial charge on any atom is 0.279 e. The van der Waals surface area contributed by atoms with Gasteiger partial charge in [0.15, 0.2) is 4.80 Å². The molecule has 1 aliphatic heterocycles. The molecule has 7 nitrogen and oxygen atoms in total. The highest BCUT2D eigenvalue weighted by atomic mass is 32.2. The first-order chi connectivity index (χ1) is 17.2. The number of morpholine rings is 1. The lowest BCUT2D eigenvalue weighted by molar-refractivity contribution is -0.0440. The van der Waals surface area contributed by atoms with Crippen LogP contribution in [0.2, 0.25) is 0 Å². The Labute approximate surface area is 216 Å². The molecule has 1 aromatic heterocycles. The van der Waals surface area contributed by atoms with E-state index in [9.17, 15) is 13.2 Å². The van der Waals surface area contributed by atoms with Crippen molar-refractivity contribution in [1.29, 1.82) is 0 Å². The van der Waals surface area contributed by atoms with Crippen LogP contribution < -0.4 is 4.80 Å². The van der Waals surface area contributed by atoms with E-state index in [2.05, 4.69) is 36.7 Å². The van der Waals surface area contributed by atoms with Crippen LogP contribution in [0, 0.1) is 0 Å². The largest absolute Gasteiger partial charge is 0.373 e. The molecular weight excluding hydrogens is 494 g/mol. The van der Waals surface area contributed by atoms with Crippen molar-refractivity contribution < 1.29 is 17.9 Å². The van der Waals surface area contributed by atoms with Crippen molar-refractivity contribution in [3.63, 3.8) is 0 Å². The molecule has 2 heterocycles. The molecule has 0 bridgehead atoms. The fourth-order valence-corrected chi connectivity index (χ4v) is 7.13. The lowest BCUT2D eigenvalue weighted by atomic mass is 10.1. The number of carbonyl (C=O) groups excluding carboxylic acids is 1. The first-order valence-electron chi connectivity index (χ1n) is 12.3. The van der Waals surface area contributed by atoms with Gasteiger partial charge in [0.1, 0.15) is 0 Å². The van der Waals surface area contributed by atoms with Crippen molar-refractivity contribution >= 4 is 37.5 Å². The molecule has 4 rings (SSSR count). The van der Waals surface area contributed by atoms with Gasteiger partial charge in [-0.3, -0.25) is 4.79 Å². The van der Waals surface area contributed by atoms with Gasteiger partial charge in [-0.05, 0) is 68.7 Å². The summed E-state index contributed by atoms with van der Waals surface area (Å²) in [5, 5.41) is 0. The number of hydrogen-bond donors (Lipinski definition) is 0. The number of aryl methyl sites for hydroxylation is 1. The minimum atomic E-state index is -3.67. The molecule has 1 saturated heterocycles. The lowest BCUT2D eigenvalue weighted by Crippen LogP contribution is -2.48. The second-order valence-corrected chi connectivity index (χ2v) is 12.2. The Kier molecular flexibility index (Phi) is 8.24. The average Bonchev–Trinajstić information content (AvgIpc) is 3.18. The third kappa shape index (κ3) is 5.70. The normalized spacial score (nSPS) is 19.6. The SMILES string of the molecule is C=CCn1c(=NC(=O)c2ccc(S(=O)(=O)N3CC(C)OC(C)C3)cc2)sc2cc(CCCC)ccc21. The predicted molar refractivity (Wildman–Crippen MR) is 144 cm³/mol. The number of ether oxygens (including phenoxy) is 1. The van der Waals surface area contributed by atoms with Gasteiger partial charge in [0.05, 0.1) is 27.3 Å². The molecule has 1 fully saturated rings. The zero-order chi connectivity index (χ0) is 25.9. The Morgan fingerprint density at radius 3 is 2.50 bits per heavy atom. The van der Waals surface area contributed by atoms with Gasteiger partial charge in [-0.1, -0.05) is 36.8 Å². The van der Waals surface area contributed by atoms with Gasteiger partial charge in [0.2, 0.25) is 10.0 Å². The molecule has 3 aromatic rings. The molecule has 2 unspecified atom stereocenters. The monoisotopic (exact) mass is 527 g/mol. The van der Waals surface area contributed by atoms with Crippen molar-refractivity contribution in [3.05, 3.63) is 71.0 Å². The number of sulfonamides is 1. The molecule has 2 atom stereocenters. The van der Waals surface area contributed by atoms with E-state index in [1.165, 1.54) is 45.5 Å². The summed E-state index contributed by atoms with van der Waals surface area (Å²) in [6, 6.07) is 12.4. The summed E-state index contributed by atoms with van der Waals surface area (Å²) in [6.07, 6.45) is 4.74. The second-order valence-electron chi connectivity index (χ2n) is 9.21. The summed E-state index contributed by atoms with van der Waals surface area (Å²) < 4.78 is 36.4. The second kappa shape index (κ2) is 11.2. The maximum absolute atomic E-state index is 13.1. The lowest BCUT2D eigenvalue weighted by Gasteiger charge is -2.34. The van der Waals surface area contributed by atoms with Crippen LogP contribution in [0.3, 0.4) is 0 Å². The number of nitrogens with zero attached hydrogens (tertiary/aromatic N) is 3. The minimum absolute atomic E-state index is 0.156. The van der Waals surface area contributed by atoms with E-state index in [1.54, 1.807) is 6.08 Å². The summed E-state index contributed by atoms with van der Waals surface area (Å²) in [4.78, 5) is 18.2. The van der Waals surface area contributed by atoms with Gasteiger partial charge < -0.3 is 9.30 Å². The average molecular weight is 528 g/mol. The van der Waals surface area contributed by atoms with Crippen LogP contribution in [-0.2, 0) is 27.7 Å². The molecule has 0 aliphatic carbocycles. The fourth-order valence-electron chi connectivity index (χ4n) is 4.44. The summed E-state index contributed by atoms with van der Waals surface area (Å²) in [7, 11) is -3.67. The van der Waals surface area contributed by atoms with E-state index < -0.39 is 15.9 Å². The van der Waals surface area contributed by atoms with Crippen LogP contribution in [0.1, 0.15) is 49.5 Å². The summed E-state index contributed by atoms with van der Waals surface area (Å²) in [5.74, 6) is -0.414. The number of allylic oxidation sites excluding steroid dienone is 1. The zero-order valence-corrected chi connectivity index (χ0v) is 22.6. The minimum Gasteiger partial charge on any atom is -0.373 e. The molecule has 36 heavy (non-hydrogen) atoms. The van der Waals surface area contributed by atoms with Crippen LogP contribution in [0.4, 0.5) is 0 Å². The Hall–Kier alpha value is -2.59. The third-order valence-corrected chi connectivity index (χ3v) is 9.09. The molecule has 0 N–H and O–H groups in total. The van der Waals surface area contributed by atoms with E-state index >= 15 is 0 Å². The molecule has 1 amide bonds. The Bertz CT molecular complexity index is 1410. The van der Waals surface area contributed by atoms with Crippen molar-refractivity contribution in [2.24, 2.45) is 4.99 Å². The molecule has 0 radical (unpaired) electrons. The van der Waals surface area contributed by atoms with Crippen LogP contribution in [0.25, 0.3) is 10.2 Å². The highest BCUT2D eigenvalue weighted by Crippen LogP contribution is 2.23. The number of rotatable bonds is 8. The van der Waals surface area contributed by atoms with Gasteiger partial charge in [0, 0.05) is 25.2 Å². The van der Waals surface area contributed by atoms with Crippen molar-refractivity contribution in [2.45, 2.75) is 63.7 Å². The number of thiazole rings is 1. The zero-order valence-electron chi connectivity index (χ0n) is 21.0. The number of carbonyl (C=O) groups is 1. The van der Waals surface area contributed by atoms with Crippen molar-refractivity contribution in [2.75, 3.05) is 13.1 Å². The molecule has 0 saturated carbocycles. The Balaban J connectivity index is 1.62. The Morgan fingerprint density at radius 2 is 1.86 bits per heavy atom.